The van der Waals surface area contributed by atoms with E-state index in [1.54, 1.807) is 10.6 Å². The molecule has 0 N–H and O–H groups in total. The zero-order valence-corrected chi connectivity index (χ0v) is 13.9. The van der Waals surface area contributed by atoms with E-state index >= 15 is 0 Å². The summed E-state index contributed by atoms with van der Waals surface area (Å²) in [4.78, 5) is 26.9. The normalized spacial score (nSPS) is 16.3. The molecule has 0 aliphatic carbocycles. The van der Waals surface area contributed by atoms with Crippen molar-refractivity contribution in [2.24, 2.45) is 5.92 Å². The van der Waals surface area contributed by atoms with Crippen LogP contribution in [0.25, 0.3) is 11.1 Å². The molecule has 1 aliphatic rings. The number of ketones is 1. The lowest BCUT2D eigenvalue weighted by molar-refractivity contribution is 0.0809. The molecule has 0 spiro atoms. The van der Waals surface area contributed by atoms with Crippen LogP contribution >= 0.6 is 0 Å². The van der Waals surface area contributed by atoms with Gasteiger partial charge in [0.1, 0.15) is 0 Å². The quantitative estimate of drug-likeness (QED) is 0.687. The molecule has 3 aromatic rings. The standard InChI is InChI=1S/C20H20N2O3/c23-19(15-6-2-1-3-7-15)16-10-12-21(13-11-16)14-22-17-8-4-5-9-18(17)25-20(22)24/h1-9,16H,10-14H2. The Morgan fingerprint density at radius 1 is 1.00 bits per heavy atom. The van der Waals surface area contributed by atoms with Gasteiger partial charge in [0.05, 0.1) is 12.2 Å². The highest BCUT2D eigenvalue weighted by atomic mass is 16.4. The number of fused-ring (bicyclic) bond motifs is 1. The topological polar surface area (TPSA) is 55.5 Å². The monoisotopic (exact) mass is 336 g/mol. The number of carbonyl (C=O) groups is 1. The van der Waals surface area contributed by atoms with Gasteiger partial charge in [-0.2, -0.15) is 0 Å². The van der Waals surface area contributed by atoms with E-state index in [4.69, 9.17) is 4.42 Å². The lowest BCUT2D eigenvalue weighted by Gasteiger charge is -2.31. The molecule has 4 rings (SSSR count). The van der Waals surface area contributed by atoms with Gasteiger partial charge in [-0.05, 0) is 25.0 Å². The van der Waals surface area contributed by atoms with Gasteiger partial charge in [-0.25, -0.2) is 4.79 Å². The minimum absolute atomic E-state index is 0.0662. The minimum Gasteiger partial charge on any atom is -0.408 e. The summed E-state index contributed by atoms with van der Waals surface area (Å²) in [6.07, 6.45) is 1.64. The van der Waals surface area contributed by atoms with Crippen LogP contribution in [0.5, 0.6) is 0 Å². The lowest BCUT2D eigenvalue weighted by Crippen LogP contribution is -2.39. The first-order chi connectivity index (χ1) is 12.2. The van der Waals surface area contributed by atoms with Crippen LogP contribution in [0.15, 0.2) is 63.8 Å². The molecule has 1 aromatic heterocycles. The number of rotatable bonds is 4. The van der Waals surface area contributed by atoms with E-state index in [1.165, 1.54) is 0 Å². The Kier molecular flexibility index (Phi) is 4.24. The maximum Gasteiger partial charge on any atom is 0.421 e. The van der Waals surface area contributed by atoms with E-state index in [0.717, 1.165) is 37.0 Å². The molecule has 2 heterocycles. The first-order valence-electron chi connectivity index (χ1n) is 8.62. The highest BCUT2D eigenvalue weighted by molar-refractivity contribution is 5.97. The van der Waals surface area contributed by atoms with Crippen LogP contribution in [-0.4, -0.2) is 28.3 Å². The third-order valence-corrected chi connectivity index (χ3v) is 4.93. The molecule has 1 saturated heterocycles. The van der Waals surface area contributed by atoms with Crippen molar-refractivity contribution >= 4 is 16.9 Å². The van der Waals surface area contributed by atoms with Crippen molar-refractivity contribution < 1.29 is 9.21 Å². The number of nitrogens with zero attached hydrogens (tertiary/aromatic N) is 2. The molecule has 5 nitrogen and oxygen atoms in total. The third-order valence-electron chi connectivity index (χ3n) is 4.93. The summed E-state index contributed by atoms with van der Waals surface area (Å²) < 4.78 is 6.95. The molecule has 0 radical (unpaired) electrons. The Labute approximate surface area is 145 Å². The summed E-state index contributed by atoms with van der Waals surface area (Å²) >= 11 is 0. The average Bonchev–Trinajstić information content (AvgIpc) is 2.98. The predicted molar refractivity (Wildman–Crippen MR) is 95.5 cm³/mol. The second-order valence-electron chi connectivity index (χ2n) is 6.53. The molecule has 2 aromatic carbocycles. The van der Waals surface area contributed by atoms with Crippen LogP contribution in [-0.2, 0) is 6.67 Å². The molecular formula is C20H20N2O3. The van der Waals surface area contributed by atoms with E-state index in [-0.39, 0.29) is 17.5 Å². The van der Waals surface area contributed by atoms with Crippen molar-refractivity contribution in [1.82, 2.24) is 9.47 Å². The third kappa shape index (κ3) is 3.15. The maximum atomic E-state index is 12.6. The van der Waals surface area contributed by atoms with Crippen molar-refractivity contribution in [2.45, 2.75) is 19.5 Å². The fourth-order valence-electron chi connectivity index (χ4n) is 3.52. The summed E-state index contributed by atoms with van der Waals surface area (Å²) in [5, 5.41) is 0. The molecule has 0 bridgehead atoms. The summed E-state index contributed by atoms with van der Waals surface area (Å²) in [5.41, 5.74) is 2.22. The second-order valence-corrected chi connectivity index (χ2v) is 6.53. The minimum atomic E-state index is -0.330. The van der Waals surface area contributed by atoms with Crippen LogP contribution in [0, 0.1) is 5.92 Å². The Morgan fingerprint density at radius 3 is 2.44 bits per heavy atom. The summed E-state index contributed by atoms with van der Waals surface area (Å²) in [6.45, 7) is 2.10. The van der Waals surface area contributed by atoms with Crippen LogP contribution in [0.2, 0.25) is 0 Å². The highest BCUT2D eigenvalue weighted by Gasteiger charge is 2.26. The number of hydrogen-bond donors (Lipinski definition) is 0. The van der Waals surface area contributed by atoms with E-state index in [0.29, 0.717) is 12.3 Å². The van der Waals surface area contributed by atoms with E-state index in [9.17, 15) is 9.59 Å². The average molecular weight is 336 g/mol. The van der Waals surface area contributed by atoms with E-state index in [2.05, 4.69) is 4.90 Å². The van der Waals surface area contributed by atoms with Gasteiger partial charge in [-0.1, -0.05) is 42.5 Å². The van der Waals surface area contributed by atoms with Crippen LogP contribution in [0.1, 0.15) is 23.2 Å². The zero-order chi connectivity index (χ0) is 17.2. The number of likely N-dealkylation sites (tertiary alicyclic amines) is 1. The number of para-hydroxylation sites is 2. The number of aromatic nitrogens is 1. The molecule has 128 valence electrons. The molecule has 1 fully saturated rings. The van der Waals surface area contributed by atoms with Gasteiger partial charge >= 0.3 is 5.76 Å². The Balaban J connectivity index is 1.43. The molecular weight excluding hydrogens is 316 g/mol. The first-order valence-corrected chi connectivity index (χ1v) is 8.62. The molecule has 5 heteroatoms. The van der Waals surface area contributed by atoms with Crippen molar-refractivity contribution in [1.29, 1.82) is 0 Å². The Morgan fingerprint density at radius 2 is 1.68 bits per heavy atom. The molecule has 0 atom stereocenters. The first kappa shape index (κ1) is 15.8. The van der Waals surface area contributed by atoms with Gasteiger partial charge in [0, 0.05) is 24.6 Å². The number of piperidine rings is 1. The predicted octanol–water partition coefficient (Wildman–Crippen LogP) is 3.15. The van der Waals surface area contributed by atoms with Gasteiger partial charge in [-0.3, -0.25) is 14.3 Å². The summed E-state index contributed by atoms with van der Waals surface area (Å²) in [5.74, 6) is -0.0358. The molecule has 0 amide bonds. The highest BCUT2D eigenvalue weighted by Crippen LogP contribution is 2.22. The number of Topliss-reactive ketones (excluding diaryl/α,β-unsaturated/α-hetero) is 1. The summed E-state index contributed by atoms with van der Waals surface area (Å²) in [7, 11) is 0. The van der Waals surface area contributed by atoms with E-state index < -0.39 is 0 Å². The van der Waals surface area contributed by atoms with Gasteiger partial charge in [0.2, 0.25) is 0 Å². The van der Waals surface area contributed by atoms with E-state index in [1.807, 2.05) is 48.5 Å². The number of carbonyl (C=O) groups excluding carboxylic acids is 1. The van der Waals surface area contributed by atoms with Crippen molar-refractivity contribution in [3.63, 3.8) is 0 Å². The van der Waals surface area contributed by atoms with Gasteiger partial charge < -0.3 is 4.42 Å². The van der Waals surface area contributed by atoms with Gasteiger partial charge in [0.25, 0.3) is 0 Å². The fraction of sp³-hybridized carbons (Fsp3) is 0.300. The Bertz CT molecular complexity index is 934. The SMILES string of the molecule is O=C(c1ccccc1)C1CCN(Cn2c(=O)oc3ccccc32)CC1. The van der Waals surface area contributed by atoms with Gasteiger partial charge in [0.15, 0.2) is 11.4 Å². The Hall–Kier alpha value is -2.66. The van der Waals surface area contributed by atoms with Crippen molar-refractivity contribution in [3.8, 4) is 0 Å². The van der Waals surface area contributed by atoms with Gasteiger partial charge in [-0.15, -0.1) is 0 Å². The summed E-state index contributed by atoms with van der Waals surface area (Å²) in [6, 6.07) is 16.9. The molecule has 1 aliphatic heterocycles. The molecule has 25 heavy (non-hydrogen) atoms. The number of benzene rings is 2. The second kappa shape index (κ2) is 6.69. The number of hydrogen-bond acceptors (Lipinski definition) is 4. The smallest absolute Gasteiger partial charge is 0.408 e. The van der Waals surface area contributed by atoms with Crippen molar-refractivity contribution in [3.05, 3.63) is 70.7 Å². The van der Waals surface area contributed by atoms with Crippen LogP contribution < -0.4 is 5.76 Å². The molecule has 0 unspecified atom stereocenters. The van der Waals surface area contributed by atoms with Crippen LogP contribution in [0.3, 0.4) is 0 Å². The fourth-order valence-corrected chi connectivity index (χ4v) is 3.52. The van der Waals surface area contributed by atoms with Crippen molar-refractivity contribution in [2.75, 3.05) is 13.1 Å². The molecule has 0 saturated carbocycles. The zero-order valence-electron chi connectivity index (χ0n) is 13.9. The largest absolute Gasteiger partial charge is 0.421 e. The van der Waals surface area contributed by atoms with Crippen LogP contribution in [0.4, 0.5) is 0 Å². The number of oxazole rings is 1. The lowest BCUT2D eigenvalue weighted by atomic mass is 9.89. The maximum absolute atomic E-state index is 12.6.